The molecule has 0 spiro atoms. The largest absolute Gasteiger partial charge is 0.497 e. The maximum absolute atomic E-state index is 11.9. The summed E-state index contributed by atoms with van der Waals surface area (Å²) in [7, 11) is 5.85. The van der Waals surface area contributed by atoms with E-state index in [1.165, 1.54) is 19.3 Å². The van der Waals surface area contributed by atoms with Gasteiger partial charge in [-0.25, -0.2) is 0 Å². The van der Waals surface area contributed by atoms with Gasteiger partial charge in [0.25, 0.3) is 0 Å². The number of aliphatic hydroxyl groups is 1. The molecule has 25 heavy (non-hydrogen) atoms. The van der Waals surface area contributed by atoms with Crippen LogP contribution in [0.4, 0.5) is 0 Å². The van der Waals surface area contributed by atoms with Gasteiger partial charge in [-0.15, -0.1) is 0 Å². The Hall–Kier alpha value is -1.32. The van der Waals surface area contributed by atoms with Gasteiger partial charge in [0, 0.05) is 12.5 Å². The fourth-order valence-electron chi connectivity index (χ4n) is 4.41. The van der Waals surface area contributed by atoms with Crippen molar-refractivity contribution >= 4 is 6.08 Å². The first-order valence-electron chi connectivity index (χ1n) is 9.57. The maximum atomic E-state index is 11.9. The third-order valence-electron chi connectivity index (χ3n) is 5.75. The third-order valence-corrected chi connectivity index (χ3v) is 5.75. The number of benzene rings is 1. The van der Waals surface area contributed by atoms with Crippen molar-refractivity contribution in [1.82, 2.24) is 4.90 Å². The topological polar surface area (TPSA) is 32.7 Å². The minimum atomic E-state index is -0.745. The quantitative estimate of drug-likeness (QED) is 0.783. The Bertz CT molecular complexity index is 558. The van der Waals surface area contributed by atoms with Gasteiger partial charge in [0.2, 0.25) is 0 Å². The van der Waals surface area contributed by atoms with E-state index in [9.17, 15) is 5.11 Å². The highest BCUT2D eigenvalue weighted by atomic mass is 16.5. The van der Waals surface area contributed by atoms with Crippen LogP contribution in [0.1, 0.15) is 51.5 Å². The van der Waals surface area contributed by atoms with Crippen molar-refractivity contribution in [3.63, 3.8) is 0 Å². The molecule has 2 atom stereocenters. The molecule has 1 aliphatic rings. The fraction of sp³-hybridized carbons (Fsp3) is 0.636. The zero-order chi connectivity index (χ0) is 18.4. The van der Waals surface area contributed by atoms with Crippen LogP contribution in [0.3, 0.4) is 0 Å². The Labute approximate surface area is 153 Å². The molecule has 3 nitrogen and oxygen atoms in total. The first-order chi connectivity index (χ1) is 11.9. The third kappa shape index (κ3) is 4.86. The van der Waals surface area contributed by atoms with Gasteiger partial charge in [-0.1, -0.05) is 44.4 Å². The first-order valence-corrected chi connectivity index (χ1v) is 9.57. The molecular weight excluding hydrogens is 310 g/mol. The van der Waals surface area contributed by atoms with Gasteiger partial charge in [-0.2, -0.15) is 0 Å². The highest BCUT2D eigenvalue weighted by Crippen LogP contribution is 2.42. The molecule has 0 heterocycles. The van der Waals surface area contributed by atoms with E-state index in [1.807, 2.05) is 12.1 Å². The van der Waals surface area contributed by atoms with Crippen LogP contribution < -0.4 is 4.74 Å². The van der Waals surface area contributed by atoms with Gasteiger partial charge in [0.15, 0.2) is 0 Å². The summed E-state index contributed by atoms with van der Waals surface area (Å²) in [6.07, 6.45) is 8.18. The Morgan fingerprint density at radius 1 is 1.24 bits per heavy atom. The number of ether oxygens (including phenoxy) is 1. The summed E-state index contributed by atoms with van der Waals surface area (Å²) in [5.41, 5.74) is 1.45. The van der Waals surface area contributed by atoms with E-state index in [-0.39, 0.29) is 5.92 Å². The summed E-state index contributed by atoms with van der Waals surface area (Å²) in [5, 5.41) is 11.9. The summed E-state index contributed by atoms with van der Waals surface area (Å²) in [4.78, 5) is 2.18. The van der Waals surface area contributed by atoms with Crippen LogP contribution in [0.25, 0.3) is 6.08 Å². The molecule has 2 rings (SSSR count). The van der Waals surface area contributed by atoms with Gasteiger partial charge >= 0.3 is 0 Å². The van der Waals surface area contributed by atoms with Gasteiger partial charge in [0.1, 0.15) is 5.75 Å². The van der Waals surface area contributed by atoms with Gasteiger partial charge in [-0.3, -0.25) is 0 Å². The zero-order valence-electron chi connectivity index (χ0n) is 16.6. The van der Waals surface area contributed by atoms with Crippen LogP contribution in [-0.2, 0) is 0 Å². The zero-order valence-corrected chi connectivity index (χ0v) is 16.6. The van der Waals surface area contributed by atoms with E-state index in [4.69, 9.17) is 4.74 Å². The number of hydrogen-bond acceptors (Lipinski definition) is 3. The molecule has 0 aromatic heterocycles. The number of methoxy groups -OCH3 is 1. The second-order valence-electron chi connectivity index (χ2n) is 7.92. The van der Waals surface area contributed by atoms with E-state index in [0.717, 1.165) is 36.3 Å². The van der Waals surface area contributed by atoms with Crippen molar-refractivity contribution in [3.05, 3.63) is 35.4 Å². The first kappa shape index (κ1) is 20.0. The lowest BCUT2D eigenvalue weighted by atomic mass is 9.67. The molecule has 0 saturated heterocycles. The smallest absolute Gasteiger partial charge is 0.118 e. The van der Waals surface area contributed by atoms with Crippen LogP contribution in [0.5, 0.6) is 5.75 Å². The summed E-state index contributed by atoms with van der Waals surface area (Å²) in [6, 6.07) is 8.06. The Balaban J connectivity index is 2.32. The van der Waals surface area contributed by atoms with Crippen molar-refractivity contribution < 1.29 is 9.84 Å². The summed E-state index contributed by atoms with van der Waals surface area (Å²) in [5.74, 6) is 1.41. The SMILES string of the molecule is COc1ccc(C=C(C)C(O)(C(C)CN(C)C)C2CCCCC2)cc1. The second-order valence-corrected chi connectivity index (χ2v) is 7.92. The lowest BCUT2D eigenvalue weighted by Crippen LogP contribution is -2.49. The molecule has 140 valence electrons. The van der Waals surface area contributed by atoms with Crippen LogP contribution in [0.2, 0.25) is 0 Å². The lowest BCUT2D eigenvalue weighted by molar-refractivity contribution is -0.0493. The van der Waals surface area contributed by atoms with Gasteiger partial charge in [0.05, 0.1) is 12.7 Å². The molecule has 3 heteroatoms. The van der Waals surface area contributed by atoms with Gasteiger partial charge in [-0.05, 0) is 63.0 Å². The van der Waals surface area contributed by atoms with E-state index in [1.54, 1.807) is 7.11 Å². The summed E-state index contributed by atoms with van der Waals surface area (Å²) < 4.78 is 5.24. The number of hydrogen-bond donors (Lipinski definition) is 1. The molecular formula is C22H35NO2. The highest BCUT2D eigenvalue weighted by molar-refractivity contribution is 5.56. The summed E-state index contributed by atoms with van der Waals surface area (Å²) in [6.45, 7) is 5.19. The van der Waals surface area contributed by atoms with Crippen molar-refractivity contribution in [2.45, 2.75) is 51.6 Å². The van der Waals surface area contributed by atoms with Gasteiger partial charge < -0.3 is 14.7 Å². The lowest BCUT2D eigenvalue weighted by Gasteiger charge is -2.44. The second kappa shape index (κ2) is 8.86. The van der Waals surface area contributed by atoms with Crippen LogP contribution in [0.15, 0.2) is 29.8 Å². The normalized spacial score (nSPS) is 20.4. The Morgan fingerprint density at radius 2 is 1.84 bits per heavy atom. The van der Waals surface area contributed by atoms with E-state index in [2.05, 4.69) is 51.1 Å². The molecule has 1 aromatic carbocycles. The molecule has 1 N–H and O–H groups in total. The fourth-order valence-corrected chi connectivity index (χ4v) is 4.41. The predicted octanol–water partition coefficient (Wildman–Crippen LogP) is 4.61. The molecule has 1 saturated carbocycles. The minimum Gasteiger partial charge on any atom is -0.497 e. The summed E-state index contributed by atoms with van der Waals surface area (Å²) >= 11 is 0. The average molecular weight is 346 g/mol. The molecule has 1 fully saturated rings. The van der Waals surface area contributed by atoms with Crippen molar-refractivity contribution in [2.24, 2.45) is 11.8 Å². The maximum Gasteiger partial charge on any atom is 0.118 e. The highest BCUT2D eigenvalue weighted by Gasteiger charge is 2.43. The van der Waals surface area contributed by atoms with Crippen molar-refractivity contribution in [2.75, 3.05) is 27.7 Å². The Kier molecular flexibility index (Phi) is 7.09. The predicted molar refractivity (Wildman–Crippen MR) is 106 cm³/mol. The molecule has 0 radical (unpaired) electrons. The molecule has 0 amide bonds. The molecule has 0 bridgehead atoms. The number of rotatable bonds is 7. The van der Waals surface area contributed by atoms with E-state index < -0.39 is 5.60 Å². The van der Waals surface area contributed by atoms with Crippen molar-refractivity contribution in [3.8, 4) is 5.75 Å². The number of nitrogens with zero attached hydrogens (tertiary/aromatic N) is 1. The Morgan fingerprint density at radius 3 is 2.36 bits per heavy atom. The van der Waals surface area contributed by atoms with Crippen molar-refractivity contribution in [1.29, 1.82) is 0 Å². The molecule has 1 aliphatic carbocycles. The van der Waals surface area contributed by atoms with Crippen LogP contribution >= 0.6 is 0 Å². The molecule has 1 aromatic rings. The van der Waals surface area contributed by atoms with Crippen LogP contribution in [-0.4, -0.2) is 43.4 Å². The standard InChI is InChI=1S/C22H35NO2/c1-17(15-19-11-13-21(25-5)14-12-19)22(24,18(2)16-23(3)4)20-9-7-6-8-10-20/h11-15,18,20,24H,6-10,16H2,1-5H3. The molecule has 2 unspecified atom stereocenters. The molecule has 0 aliphatic heterocycles. The van der Waals surface area contributed by atoms with E-state index in [0.29, 0.717) is 5.92 Å². The van der Waals surface area contributed by atoms with E-state index >= 15 is 0 Å². The minimum absolute atomic E-state index is 0.195. The van der Waals surface area contributed by atoms with Crippen LogP contribution in [0, 0.1) is 11.8 Å². The monoisotopic (exact) mass is 345 g/mol. The average Bonchev–Trinajstić information content (AvgIpc) is 2.61.